The van der Waals surface area contributed by atoms with Crippen LogP contribution in [0.1, 0.15) is 18.7 Å². The Labute approximate surface area is 71.4 Å². The molecule has 0 saturated heterocycles. The number of hydrogen-bond donors (Lipinski definition) is 1. The lowest BCUT2D eigenvalue weighted by Gasteiger charge is -1.92. The van der Waals surface area contributed by atoms with Crippen LogP contribution in [0.4, 0.5) is 0 Å². The normalized spacial score (nSPS) is 9.17. The minimum absolute atomic E-state index is 0.579. The van der Waals surface area contributed by atoms with Gasteiger partial charge in [-0.25, -0.2) is 0 Å². The molecule has 0 atom stereocenters. The highest BCUT2D eigenvalue weighted by atomic mass is 16.4. The first-order valence-corrected chi connectivity index (χ1v) is 3.72. The maximum Gasteiger partial charge on any atom is 0.230 e. The van der Waals surface area contributed by atoms with Crippen molar-refractivity contribution in [3.63, 3.8) is 0 Å². The summed E-state index contributed by atoms with van der Waals surface area (Å²) in [5, 5.41) is 10.6. The van der Waals surface area contributed by atoms with Gasteiger partial charge in [0.05, 0.1) is 13.1 Å². The van der Waals surface area contributed by atoms with Gasteiger partial charge < -0.3 is 4.42 Å². The van der Waals surface area contributed by atoms with E-state index in [4.69, 9.17) is 4.42 Å². The van der Waals surface area contributed by atoms with Gasteiger partial charge in [-0.2, -0.15) is 0 Å². The van der Waals surface area contributed by atoms with Crippen LogP contribution in [0, 0.1) is 18.8 Å². The Hall–Kier alpha value is -1.34. The van der Waals surface area contributed by atoms with Crippen LogP contribution in [0.15, 0.2) is 4.42 Å². The van der Waals surface area contributed by atoms with Gasteiger partial charge in [0.25, 0.3) is 0 Å². The highest BCUT2D eigenvalue weighted by Crippen LogP contribution is 1.95. The molecule has 0 spiro atoms. The largest absolute Gasteiger partial charge is 0.424 e. The molecule has 1 heterocycles. The van der Waals surface area contributed by atoms with E-state index < -0.39 is 0 Å². The molecule has 0 bridgehead atoms. The first-order valence-electron chi connectivity index (χ1n) is 3.72. The third-order valence-corrected chi connectivity index (χ3v) is 1.23. The lowest BCUT2D eigenvalue weighted by Crippen LogP contribution is -2.13. The summed E-state index contributed by atoms with van der Waals surface area (Å²) in [5.74, 6) is 6.85. The molecule has 0 aliphatic carbocycles. The van der Waals surface area contributed by atoms with Gasteiger partial charge in [-0.05, 0) is 6.92 Å². The summed E-state index contributed by atoms with van der Waals surface area (Å²) in [7, 11) is 0. The summed E-state index contributed by atoms with van der Waals surface area (Å²) in [6, 6.07) is 0. The maximum absolute atomic E-state index is 5.13. The molecule has 1 aromatic heterocycles. The summed E-state index contributed by atoms with van der Waals surface area (Å²) in [6.45, 7) is 4.80. The molecule has 0 fully saturated rings. The van der Waals surface area contributed by atoms with Gasteiger partial charge in [0, 0.05) is 6.92 Å². The van der Waals surface area contributed by atoms with Crippen LogP contribution in [-0.4, -0.2) is 16.7 Å². The molecule has 0 radical (unpaired) electrons. The molecule has 12 heavy (non-hydrogen) atoms. The topological polar surface area (TPSA) is 51.0 Å². The van der Waals surface area contributed by atoms with Gasteiger partial charge in [0.2, 0.25) is 11.8 Å². The van der Waals surface area contributed by atoms with Crippen LogP contribution in [0.5, 0.6) is 0 Å². The van der Waals surface area contributed by atoms with E-state index in [-0.39, 0.29) is 0 Å². The average molecular weight is 165 g/mol. The van der Waals surface area contributed by atoms with Gasteiger partial charge in [-0.15, -0.1) is 16.1 Å². The SMILES string of the molecule is CC#CCNCc1nnc(C)o1. The predicted molar refractivity (Wildman–Crippen MR) is 44.2 cm³/mol. The number of hydrogen-bond acceptors (Lipinski definition) is 4. The molecule has 1 rings (SSSR count). The fraction of sp³-hybridized carbons (Fsp3) is 0.500. The summed E-state index contributed by atoms with van der Waals surface area (Å²) in [6.07, 6.45) is 0. The van der Waals surface area contributed by atoms with Crippen LogP contribution in [0.25, 0.3) is 0 Å². The van der Waals surface area contributed by atoms with E-state index in [0.717, 1.165) is 0 Å². The van der Waals surface area contributed by atoms with Crippen molar-refractivity contribution < 1.29 is 4.42 Å². The fourth-order valence-electron chi connectivity index (χ4n) is 0.729. The summed E-state index contributed by atoms with van der Waals surface area (Å²) in [4.78, 5) is 0. The van der Waals surface area contributed by atoms with E-state index in [0.29, 0.717) is 24.9 Å². The van der Waals surface area contributed by atoms with Crippen molar-refractivity contribution in [3.8, 4) is 11.8 Å². The second-order valence-corrected chi connectivity index (χ2v) is 2.25. The summed E-state index contributed by atoms with van der Waals surface area (Å²) >= 11 is 0. The molecule has 0 amide bonds. The Balaban J connectivity index is 2.27. The third-order valence-electron chi connectivity index (χ3n) is 1.23. The van der Waals surface area contributed by atoms with Crippen LogP contribution < -0.4 is 5.32 Å². The Morgan fingerprint density at radius 2 is 2.33 bits per heavy atom. The molecule has 1 N–H and O–H groups in total. The number of aromatic nitrogens is 2. The van der Waals surface area contributed by atoms with Crippen LogP contribution in [-0.2, 0) is 6.54 Å². The molecular weight excluding hydrogens is 154 g/mol. The van der Waals surface area contributed by atoms with Gasteiger partial charge in [0.1, 0.15) is 0 Å². The van der Waals surface area contributed by atoms with E-state index in [2.05, 4.69) is 27.4 Å². The fourth-order valence-corrected chi connectivity index (χ4v) is 0.729. The minimum Gasteiger partial charge on any atom is -0.424 e. The first kappa shape index (κ1) is 8.75. The minimum atomic E-state index is 0.579. The number of aryl methyl sites for hydroxylation is 1. The molecular formula is C8H11N3O. The molecule has 0 saturated carbocycles. The molecule has 0 aliphatic rings. The van der Waals surface area contributed by atoms with Crippen LogP contribution >= 0.6 is 0 Å². The van der Waals surface area contributed by atoms with Crippen molar-refractivity contribution in [3.05, 3.63) is 11.8 Å². The third kappa shape index (κ3) is 2.72. The number of nitrogens with zero attached hydrogens (tertiary/aromatic N) is 2. The van der Waals surface area contributed by atoms with E-state index >= 15 is 0 Å². The van der Waals surface area contributed by atoms with Gasteiger partial charge >= 0.3 is 0 Å². The van der Waals surface area contributed by atoms with Crippen molar-refractivity contribution in [1.82, 2.24) is 15.5 Å². The second-order valence-electron chi connectivity index (χ2n) is 2.25. The highest BCUT2D eigenvalue weighted by molar-refractivity contribution is 4.97. The number of nitrogens with one attached hydrogen (secondary N) is 1. The number of rotatable bonds is 3. The van der Waals surface area contributed by atoms with E-state index in [1.54, 1.807) is 13.8 Å². The molecule has 1 aromatic rings. The molecule has 0 aliphatic heterocycles. The highest BCUT2D eigenvalue weighted by Gasteiger charge is 1.98. The Morgan fingerprint density at radius 1 is 1.50 bits per heavy atom. The van der Waals surface area contributed by atoms with E-state index in [1.165, 1.54) is 0 Å². The maximum atomic E-state index is 5.13. The molecule has 4 heteroatoms. The van der Waals surface area contributed by atoms with Crippen LogP contribution in [0.2, 0.25) is 0 Å². The van der Waals surface area contributed by atoms with Crippen molar-refractivity contribution >= 4 is 0 Å². The molecule has 64 valence electrons. The predicted octanol–water partition coefficient (Wildman–Crippen LogP) is 0.491. The second kappa shape index (κ2) is 4.52. The average Bonchev–Trinajstić information content (AvgIpc) is 2.45. The van der Waals surface area contributed by atoms with Crippen molar-refractivity contribution in [1.29, 1.82) is 0 Å². The lowest BCUT2D eigenvalue weighted by molar-refractivity contribution is 0.453. The summed E-state index contributed by atoms with van der Waals surface area (Å²) in [5.41, 5.74) is 0. The monoisotopic (exact) mass is 165 g/mol. The zero-order chi connectivity index (χ0) is 8.81. The van der Waals surface area contributed by atoms with Gasteiger partial charge in [0.15, 0.2) is 0 Å². The first-order chi connectivity index (χ1) is 5.83. The van der Waals surface area contributed by atoms with Crippen LogP contribution in [0.3, 0.4) is 0 Å². The molecule has 0 unspecified atom stereocenters. The zero-order valence-corrected chi connectivity index (χ0v) is 7.22. The van der Waals surface area contributed by atoms with Crippen molar-refractivity contribution in [2.75, 3.05) is 6.54 Å². The lowest BCUT2D eigenvalue weighted by atomic mass is 10.5. The standard InChI is InChI=1S/C8H11N3O/c1-3-4-5-9-6-8-11-10-7(2)12-8/h9H,5-6H2,1-2H3. The Morgan fingerprint density at radius 3 is 2.92 bits per heavy atom. The van der Waals surface area contributed by atoms with Crippen molar-refractivity contribution in [2.24, 2.45) is 0 Å². The summed E-state index contributed by atoms with van der Waals surface area (Å²) < 4.78 is 5.13. The van der Waals surface area contributed by atoms with Crippen molar-refractivity contribution in [2.45, 2.75) is 20.4 Å². The molecule has 4 nitrogen and oxygen atoms in total. The molecule has 0 aromatic carbocycles. The van der Waals surface area contributed by atoms with E-state index in [1.807, 2.05) is 0 Å². The Kier molecular flexibility index (Phi) is 3.30. The van der Waals surface area contributed by atoms with E-state index in [9.17, 15) is 0 Å². The zero-order valence-electron chi connectivity index (χ0n) is 7.22. The smallest absolute Gasteiger partial charge is 0.230 e. The quantitative estimate of drug-likeness (QED) is 0.523. The Bertz CT molecular complexity index is 295. The van der Waals surface area contributed by atoms with Gasteiger partial charge in [-0.3, -0.25) is 5.32 Å². The van der Waals surface area contributed by atoms with Gasteiger partial charge in [-0.1, -0.05) is 5.92 Å².